The number of carbonyl (C=O) groups excluding carboxylic acids is 2. The molecule has 1 aliphatic rings. The van der Waals surface area contributed by atoms with Gasteiger partial charge in [-0.05, 0) is 55.9 Å². The van der Waals surface area contributed by atoms with Gasteiger partial charge in [0, 0.05) is 13.0 Å². The van der Waals surface area contributed by atoms with Gasteiger partial charge in [-0.3, -0.25) is 9.59 Å². The summed E-state index contributed by atoms with van der Waals surface area (Å²) in [4.78, 5) is 22.9. The van der Waals surface area contributed by atoms with Gasteiger partial charge in [0.15, 0.2) is 0 Å². The zero-order chi connectivity index (χ0) is 14.7. The van der Waals surface area contributed by atoms with Crippen molar-refractivity contribution in [1.29, 1.82) is 0 Å². The monoisotopic (exact) mass is 274 g/mol. The molecule has 0 aliphatic carbocycles. The van der Waals surface area contributed by atoms with Crippen LogP contribution in [0.5, 0.6) is 0 Å². The Balaban J connectivity index is 1.85. The summed E-state index contributed by atoms with van der Waals surface area (Å²) in [5.74, 6) is -0.104. The van der Waals surface area contributed by atoms with Crippen LogP contribution in [0.3, 0.4) is 0 Å². The number of rotatable bonds is 4. The van der Waals surface area contributed by atoms with Gasteiger partial charge in [-0.2, -0.15) is 0 Å². The van der Waals surface area contributed by atoms with Crippen molar-refractivity contribution in [2.24, 2.45) is 0 Å². The third-order valence-corrected chi connectivity index (χ3v) is 3.96. The molecule has 2 amide bonds. The van der Waals surface area contributed by atoms with Gasteiger partial charge < -0.3 is 10.6 Å². The molecular formula is C16H22N2O2. The molecule has 0 aromatic heterocycles. The average molecular weight is 274 g/mol. The average Bonchev–Trinajstić information content (AvgIpc) is 2.82. The van der Waals surface area contributed by atoms with Crippen molar-refractivity contribution < 1.29 is 9.59 Å². The highest BCUT2D eigenvalue weighted by atomic mass is 16.2. The lowest BCUT2D eigenvalue weighted by atomic mass is 9.99. The fourth-order valence-corrected chi connectivity index (χ4v) is 2.54. The van der Waals surface area contributed by atoms with Crippen LogP contribution in [0.25, 0.3) is 0 Å². The van der Waals surface area contributed by atoms with Gasteiger partial charge in [-0.25, -0.2) is 0 Å². The number of amides is 2. The fraction of sp³-hybridized carbons (Fsp3) is 0.500. The third kappa shape index (κ3) is 3.38. The predicted octanol–water partition coefficient (Wildman–Crippen LogP) is 1.55. The van der Waals surface area contributed by atoms with E-state index < -0.39 is 0 Å². The summed E-state index contributed by atoms with van der Waals surface area (Å²) < 4.78 is 0. The molecule has 4 heteroatoms. The zero-order valence-corrected chi connectivity index (χ0v) is 12.4. The summed E-state index contributed by atoms with van der Waals surface area (Å²) in [7, 11) is 0. The van der Waals surface area contributed by atoms with Gasteiger partial charge in [0.05, 0.1) is 0 Å². The van der Waals surface area contributed by atoms with E-state index in [9.17, 15) is 9.59 Å². The van der Waals surface area contributed by atoms with E-state index in [1.54, 1.807) is 0 Å². The Morgan fingerprint density at radius 1 is 1.25 bits per heavy atom. The second-order valence-corrected chi connectivity index (χ2v) is 5.56. The molecule has 0 bridgehead atoms. The first kappa shape index (κ1) is 14.6. The third-order valence-electron chi connectivity index (χ3n) is 3.96. The van der Waals surface area contributed by atoms with E-state index in [0.29, 0.717) is 19.4 Å². The van der Waals surface area contributed by atoms with Crippen LogP contribution < -0.4 is 10.6 Å². The molecule has 1 unspecified atom stereocenters. The second-order valence-electron chi connectivity index (χ2n) is 5.56. The maximum absolute atomic E-state index is 11.9. The maximum atomic E-state index is 11.9. The topological polar surface area (TPSA) is 58.2 Å². The Kier molecular flexibility index (Phi) is 4.42. The van der Waals surface area contributed by atoms with Gasteiger partial charge >= 0.3 is 0 Å². The number of aryl methyl sites for hydroxylation is 3. The van der Waals surface area contributed by atoms with E-state index in [0.717, 1.165) is 6.42 Å². The molecule has 0 saturated carbocycles. The van der Waals surface area contributed by atoms with Crippen LogP contribution >= 0.6 is 0 Å². The first-order chi connectivity index (χ1) is 9.47. The van der Waals surface area contributed by atoms with Crippen LogP contribution in [0, 0.1) is 20.8 Å². The Morgan fingerprint density at radius 3 is 2.60 bits per heavy atom. The molecule has 2 rings (SSSR count). The van der Waals surface area contributed by atoms with Crippen molar-refractivity contribution in [3.05, 3.63) is 34.4 Å². The molecule has 1 aliphatic heterocycles. The highest BCUT2D eigenvalue weighted by molar-refractivity contribution is 5.90. The largest absolute Gasteiger partial charge is 0.354 e. The lowest BCUT2D eigenvalue weighted by Crippen LogP contribution is -2.42. The standard InChI is InChI=1S/C16H22N2O2/c1-10-8-12(3)13(9-11(10)2)6-7-17-16(20)14-4-5-15(19)18-14/h8-9,14H,4-7H2,1-3H3,(H,17,20)(H,18,19). The van der Waals surface area contributed by atoms with Crippen molar-refractivity contribution in [1.82, 2.24) is 10.6 Å². The van der Waals surface area contributed by atoms with Crippen molar-refractivity contribution in [3.8, 4) is 0 Å². The maximum Gasteiger partial charge on any atom is 0.242 e. The van der Waals surface area contributed by atoms with Crippen LogP contribution in [0.2, 0.25) is 0 Å². The molecule has 4 nitrogen and oxygen atoms in total. The van der Waals surface area contributed by atoms with E-state index in [4.69, 9.17) is 0 Å². The van der Waals surface area contributed by atoms with E-state index in [1.807, 2.05) is 0 Å². The molecule has 1 fully saturated rings. The number of nitrogens with one attached hydrogen (secondary N) is 2. The normalized spacial score (nSPS) is 17.9. The zero-order valence-electron chi connectivity index (χ0n) is 12.4. The van der Waals surface area contributed by atoms with Crippen LogP contribution in [0.4, 0.5) is 0 Å². The second kappa shape index (κ2) is 6.07. The van der Waals surface area contributed by atoms with Gasteiger partial charge in [0.25, 0.3) is 0 Å². The summed E-state index contributed by atoms with van der Waals surface area (Å²) in [5.41, 5.74) is 5.10. The molecule has 1 atom stereocenters. The van der Waals surface area contributed by atoms with Gasteiger partial charge in [-0.1, -0.05) is 12.1 Å². The summed E-state index contributed by atoms with van der Waals surface area (Å²) in [6.07, 6.45) is 1.88. The number of carbonyl (C=O) groups is 2. The summed E-state index contributed by atoms with van der Waals surface area (Å²) in [6, 6.07) is 4.03. The Hall–Kier alpha value is -1.84. The first-order valence-corrected chi connectivity index (χ1v) is 7.11. The van der Waals surface area contributed by atoms with Crippen molar-refractivity contribution in [2.45, 2.75) is 46.1 Å². The highest BCUT2D eigenvalue weighted by Crippen LogP contribution is 2.15. The van der Waals surface area contributed by atoms with E-state index in [1.165, 1.54) is 22.3 Å². The smallest absolute Gasteiger partial charge is 0.242 e. The van der Waals surface area contributed by atoms with Gasteiger partial charge in [0.2, 0.25) is 11.8 Å². The van der Waals surface area contributed by atoms with Gasteiger partial charge in [-0.15, -0.1) is 0 Å². The van der Waals surface area contributed by atoms with Gasteiger partial charge in [0.1, 0.15) is 6.04 Å². The quantitative estimate of drug-likeness (QED) is 0.875. The van der Waals surface area contributed by atoms with Crippen LogP contribution in [0.15, 0.2) is 12.1 Å². The highest BCUT2D eigenvalue weighted by Gasteiger charge is 2.26. The van der Waals surface area contributed by atoms with Crippen LogP contribution in [-0.2, 0) is 16.0 Å². The molecule has 108 valence electrons. The molecule has 1 aromatic rings. The Labute approximate surface area is 119 Å². The van der Waals surface area contributed by atoms with E-state index >= 15 is 0 Å². The molecule has 1 saturated heterocycles. The Morgan fingerprint density at radius 2 is 1.95 bits per heavy atom. The fourth-order valence-electron chi connectivity index (χ4n) is 2.54. The van der Waals surface area contributed by atoms with Crippen LogP contribution in [-0.4, -0.2) is 24.4 Å². The first-order valence-electron chi connectivity index (χ1n) is 7.11. The molecule has 0 spiro atoms. The van der Waals surface area contributed by atoms with E-state index in [-0.39, 0.29) is 17.9 Å². The minimum absolute atomic E-state index is 0.0323. The molecule has 1 heterocycles. The van der Waals surface area contributed by atoms with Crippen LogP contribution in [0.1, 0.15) is 35.1 Å². The number of hydrogen-bond donors (Lipinski definition) is 2. The summed E-state index contributed by atoms with van der Waals surface area (Å²) in [6.45, 7) is 6.91. The molecule has 2 N–H and O–H groups in total. The molecule has 1 aromatic carbocycles. The summed E-state index contributed by atoms with van der Waals surface area (Å²) >= 11 is 0. The SMILES string of the molecule is Cc1cc(C)c(CCNC(=O)C2CCC(=O)N2)cc1C. The minimum Gasteiger partial charge on any atom is -0.354 e. The Bertz CT molecular complexity index is 538. The number of benzene rings is 1. The minimum atomic E-state index is -0.344. The molecule has 0 radical (unpaired) electrons. The predicted molar refractivity (Wildman–Crippen MR) is 78.5 cm³/mol. The lowest BCUT2D eigenvalue weighted by molar-refractivity contribution is -0.125. The van der Waals surface area contributed by atoms with Crippen molar-refractivity contribution >= 4 is 11.8 Å². The number of hydrogen-bond acceptors (Lipinski definition) is 2. The summed E-state index contributed by atoms with van der Waals surface area (Å²) in [5, 5.41) is 5.58. The van der Waals surface area contributed by atoms with E-state index in [2.05, 4.69) is 43.5 Å². The van der Waals surface area contributed by atoms with Crippen molar-refractivity contribution in [2.75, 3.05) is 6.54 Å². The molecular weight excluding hydrogens is 252 g/mol. The molecule has 20 heavy (non-hydrogen) atoms. The van der Waals surface area contributed by atoms with Crippen molar-refractivity contribution in [3.63, 3.8) is 0 Å². The lowest BCUT2D eigenvalue weighted by Gasteiger charge is -2.13.